The molecule has 2 nitrogen and oxygen atoms in total. The number of hydrogen-bond donors (Lipinski definition) is 0. The van der Waals surface area contributed by atoms with Gasteiger partial charge < -0.3 is 4.74 Å². The maximum atomic E-state index is 12.7. The topological polar surface area (TPSA) is 26.3 Å². The van der Waals surface area contributed by atoms with Crippen LogP contribution < -0.4 is 0 Å². The lowest BCUT2D eigenvalue weighted by Gasteiger charge is -2.05. The van der Waals surface area contributed by atoms with Gasteiger partial charge in [0.1, 0.15) is 12.4 Å². The fourth-order valence-electron chi connectivity index (χ4n) is 1.50. The van der Waals surface area contributed by atoms with Crippen molar-refractivity contribution in [1.82, 2.24) is 0 Å². The van der Waals surface area contributed by atoms with Gasteiger partial charge in [0.25, 0.3) is 0 Å². The highest BCUT2D eigenvalue weighted by molar-refractivity contribution is 5.89. The second kappa shape index (κ2) is 5.45. The first-order chi connectivity index (χ1) is 8.65. The van der Waals surface area contributed by atoms with Crippen molar-refractivity contribution in [3.05, 3.63) is 71.0 Å². The summed E-state index contributed by atoms with van der Waals surface area (Å²) in [5.41, 5.74) is 2.43. The molecule has 0 aromatic heterocycles. The van der Waals surface area contributed by atoms with E-state index in [4.69, 9.17) is 4.74 Å². The summed E-state index contributed by atoms with van der Waals surface area (Å²) < 4.78 is 17.8. The number of carbonyl (C=O) groups is 1. The number of benzene rings is 2. The first-order valence-electron chi connectivity index (χ1n) is 5.63. The van der Waals surface area contributed by atoms with Gasteiger partial charge in [0, 0.05) is 0 Å². The molecule has 0 unspecified atom stereocenters. The van der Waals surface area contributed by atoms with Gasteiger partial charge in [-0.25, -0.2) is 9.18 Å². The van der Waals surface area contributed by atoms with E-state index >= 15 is 0 Å². The number of ether oxygens (including phenoxy) is 1. The van der Waals surface area contributed by atoms with Crippen molar-refractivity contribution in [1.29, 1.82) is 0 Å². The van der Waals surface area contributed by atoms with Gasteiger partial charge in [-0.15, -0.1) is 0 Å². The van der Waals surface area contributed by atoms with Crippen LogP contribution in [0.3, 0.4) is 0 Å². The van der Waals surface area contributed by atoms with Crippen molar-refractivity contribution in [3.8, 4) is 0 Å². The highest BCUT2D eigenvalue weighted by Crippen LogP contribution is 2.08. The highest BCUT2D eigenvalue weighted by Gasteiger charge is 2.07. The molecule has 0 saturated carbocycles. The number of rotatable bonds is 3. The van der Waals surface area contributed by atoms with Gasteiger partial charge in [-0.05, 0) is 36.8 Å². The van der Waals surface area contributed by atoms with E-state index in [1.54, 1.807) is 0 Å². The average molecular weight is 244 g/mol. The Kier molecular flexibility index (Phi) is 3.72. The van der Waals surface area contributed by atoms with Crippen LogP contribution in [0.5, 0.6) is 0 Å². The monoisotopic (exact) mass is 244 g/mol. The summed E-state index contributed by atoms with van der Waals surface area (Å²) in [6, 6.07) is 13.0. The van der Waals surface area contributed by atoms with Crippen LogP contribution in [0, 0.1) is 12.7 Å². The Balaban J connectivity index is 1.96. The molecule has 2 aromatic rings. The molecular weight excluding hydrogens is 231 g/mol. The minimum absolute atomic E-state index is 0.219. The lowest BCUT2D eigenvalue weighted by Crippen LogP contribution is -2.05. The maximum absolute atomic E-state index is 12.7. The Morgan fingerprint density at radius 2 is 1.67 bits per heavy atom. The van der Waals surface area contributed by atoms with Crippen LogP contribution >= 0.6 is 0 Å². The zero-order valence-electron chi connectivity index (χ0n) is 10.0. The summed E-state index contributed by atoms with van der Waals surface area (Å²) in [5.74, 6) is -0.819. The van der Waals surface area contributed by atoms with Crippen LogP contribution in [0.4, 0.5) is 4.39 Å². The second-order valence-corrected chi connectivity index (χ2v) is 4.07. The molecule has 0 aliphatic heterocycles. The Morgan fingerprint density at radius 3 is 2.28 bits per heavy atom. The molecule has 0 heterocycles. The van der Waals surface area contributed by atoms with Crippen molar-refractivity contribution in [2.75, 3.05) is 0 Å². The second-order valence-electron chi connectivity index (χ2n) is 4.07. The van der Waals surface area contributed by atoms with Crippen molar-refractivity contribution in [2.24, 2.45) is 0 Å². The molecule has 0 aliphatic carbocycles. The predicted molar refractivity (Wildman–Crippen MR) is 66.7 cm³/mol. The van der Waals surface area contributed by atoms with Crippen LogP contribution in [0.2, 0.25) is 0 Å². The van der Waals surface area contributed by atoms with Gasteiger partial charge in [-0.3, -0.25) is 0 Å². The Labute approximate surface area is 105 Å². The Hall–Kier alpha value is -2.16. The smallest absolute Gasteiger partial charge is 0.338 e. The van der Waals surface area contributed by atoms with E-state index in [1.165, 1.54) is 24.3 Å². The predicted octanol–water partition coefficient (Wildman–Crippen LogP) is 3.49. The highest BCUT2D eigenvalue weighted by atomic mass is 19.1. The largest absolute Gasteiger partial charge is 0.457 e. The van der Waals surface area contributed by atoms with Gasteiger partial charge in [0.05, 0.1) is 5.56 Å². The zero-order chi connectivity index (χ0) is 13.0. The van der Waals surface area contributed by atoms with Crippen LogP contribution in [0.15, 0.2) is 48.5 Å². The van der Waals surface area contributed by atoms with E-state index in [2.05, 4.69) is 0 Å². The summed E-state index contributed by atoms with van der Waals surface area (Å²) in [4.78, 5) is 11.7. The van der Waals surface area contributed by atoms with E-state index in [0.29, 0.717) is 5.56 Å². The van der Waals surface area contributed by atoms with Gasteiger partial charge in [-0.2, -0.15) is 0 Å². The molecule has 0 radical (unpaired) electrons. The van der Waals surface area contributed by atoms with Crippen LogP contribution in [-0.2, 0) is 11.3 Å². The van der Waals surface area contributed by atoms with E-state index in [1.807, 2.05) is 31.2 Å². The van der Waals surface area contributed by atoms with Gasteiger partial charge in [0.15, 0.2) is 0 Å². The fraction of sp³-hybridized carbons (Fsp3) is 0.133. The first kappa shape index (κ1) is 12.3. The van der Waals surface area contributed by atoms with E-state index in [0.717, 1.165) is 11.1 Å². The first-order valence-corrected chi connectivity index (χ1v) is 5.63. The van der Waals surface area contributed by atoms with Crippen molar-refractivity contribution >= 4 is 5.97 Å². The minimum atomic E-state index is -0.449. The number of hydrogen-bond acceptors (Lipinski definition) is 2. The standard InChI is InChI=1S/C15H13FO2/c1-11-2-4-12(5-3-11)10-18-15(17)13-6-8-14(16)9-7-13/h2-9H,10H2,1H3. The molecule has 2 aromatic carbocycles. The third-order valence-electron chi connectivity index (χ3n) is 2.57. The minimum Gasteiger partial charge on any atom is -0.457 e. The molecule has 92 valence electrons. The molecule has 0 aliphatic rings. The fourth-order valence-corrected chi connectivity index (χ4v) is 1.50. The van der Waals surface area contributed by atoms with Crippen LogP contribution in [-0.4, -0.2) is 5.97 Å². The maximum Gasteiger partial charge on any atom is 0.338 e. The number of esters is 1. The molecular formula is C15H13FO2. The molecule has 0 N–H and O–H groups in total. The lowest BCUT2D eigenvalue weighted by atomic mass is 10.2. The molecule has 0 saturated heterocycles. The molecule has 0 bridgehead atoms. The van der Waals surface area contributed by atoms with Gasteiger partial charge in [0.2, 0.25) is 0 Å². The summed E-state index contributed by atoms with van der Waals surface area (Å²) in [6.07, 6.45) is 0. The molecule has 0 atom stereocenters. The van der Waals surface area contributed by atoms with E-state index < -0.39 is 5.97 Å². The van der Waals surface area contributed by atoms with Crippen molar-refractivity contribution < 1.29 is 13.9 Å². The summed E-state index contributed by atoms with van der Waals surface area (Å²) in [6.45, 7) is 2.21. The van der Waals surface area contributed by atoms with Crippen LogP contribution in [0.1, 0.15) is 21.5 Å². The summed E-state index contributed by atoms with van der Waals surface area (Å²) in [5, 5.41) is 0. The van der Waals surface area contributed by atoms with Crippen LogP contribution in [0.25, 0.3) is 0 Å². The number of halogens is 1. The molecule has 0 amide bonds. The van der Waals surface area contributed by atoms with Crippen molar-refractivity contribution in [3.63, 3.8) is 0 Å². The normalized spacial score (nSPS) is 10.1. The third-order valence-corrected chi connectivity index (χ3v) is 2.57. The quantitative estimate of drug-likeness (QED) is 0.772. The Bertz CT molecular complexity index is 529. The van der Waals surface area contributed by atoms with Crippen molar-refractivity contribution in [2.45, 2.75) is 13.5 Å². The Morgan fingerprint density at radius 1 is 1.06 bits per heavy atom. The lowest BCUT2D eigenvalue weighted by molar-refractivity contribution is 0.0472. The van der Waals surface area contributed by atoms with Gasteiger partial charge in [-0.1, -0.05) is 29.8 Å². The third kappa shape index (κ3) is 3.17. The molecule has 2 rings (SSSR count). The summed E-state index contributed by atoms with van der Waals surface area (Å²) in [7, 11) is 0. The molecule has 18 heavy (non-hydrogen) atoms. The number of carbonyl (C=O) groups excluding carboxylic acids is 1. The molecule has 3 heteroatoms. The summed E-state index contributed by atoms with van der Waals surface area (Å²) >= 11 is 0. The molecule has 0 spiro atoms. The van der Waals surface area contributed by atoms with Gasteiger partial charge >= 0.3 is 5.97 Å². The zero-order valence-corrected chi connectivity index (χ0v) is 10.0. The van der Waals surface area contributed by atoms with E-state index in [9.17, 15) is 9.18 Å². The molecule has 0 fully saturated rings. The average Bonchev–Trinajstić information content (AvgIpc) is 2.38. The number of aryl methyl sites for hydroxylation is 1. The SMILES string of the molecule is Cc1ccc(COC(=O)c2ccc(F)cc2)cc1. The van der Waals surface area contributed by atoms with E-state index in [-0.39, 0.29) is 12.4 Å².